The van der Waals surface area contributed by atoms with Crippen molar-refractivity contribution in [2.24, 2.45) is 0 Å². The normalized spacial score (nSPS) is 21.0. The number of halogens is 1. The van der Waals surface area contributed by atoms with E-state index in [1.54, 1.807) is 12.1 Å². The lowest BCUT2D eigenvalue weighted by molar-refractivity contribution is -0.0932. The Kier molecular flexibility index (Phi) is 5.33. The number of rotatable bonds is 5. The van der Waals surface area contributed by atoms with Crippen LogP contribution in [-0.4, -0.2) is 18.2 Å². The highest BCUT2D eigenvalue weighted by molar-refractivity contribution is 5.32. The molecule has 4 heteroatoms. The molecule has 0 aliphatic carbocycles. The zero-order valence-electron chi connectivity index (χ0n) is 12.8. The fourth-order valence-corrected chi connectivity index (χ4v) is 2.96. The first kappa shape index (κ1) is 15.9. The number of hydrogen-bond acceptors (Lipinski definition) is 3. The summed E-state index contributed by atoms with van der Waals surface area (Å²) < 4.78 is 19.8. The summed E-state index contributed by atoms with van der Waals surface area (Å²) in [6.07, 6.45) is 3.94. The van der Waals surface area contributed by atoms with Gasteiger partial charge in [0.15, 0.2) is 0 Å². The van der Waals surface area contributed by atoms with Crippen LogP contribution in [0.25, 0.3) is 0 Å². The molecular weight excluding hydrogens is 267 g/mol. The second kappa shape index (κ2) is 7.02. The molecule has 0 saturated carbocycles. The first-order valence-electron chi connectivity index (χ1n) is 7.68. The van der Waals surface area contributed by atoms with Gasteiger partial charge < -0.3 is 10.1 Å². The maximum Gasteiger partial charge on any atom is 0.129 e. The summed E-state index contributed by atoms with van der Waals surface area (Å²) in [6, 6.07) is 6.95. The molecular formula is C17H23FN2O. The van der Waals surface area contributed by atoms with E-state index in [0.29, 0.717) is 23.7 Å². The third kappa shape index (κ3) is 3.81. The van der Waals surface area contributed by atoms with Gasteiger partial charge in [0.25, 0.3) is 0 Å². The van der Waals surface area contributed by atoms with Crippen LogP contribution in [0.4, 0.5) is 4.39 Å². The summed E-state index contributed by atoms with van der Waals surface area (Å²) in [5, 5.41) is 12.2. The second-order valence-electron chi connectivity index (χ2n) is 5.73. The van der Waals surface area contributed by atoms with Gasteiger partial charge in [-0.1, -0.05) is 19.9 Å². The maximum atomic E-state index is 13.9. The van der Waals surface area contributed by atoms with Crippen LogP contribution in [0.2, 0.25) is 0 Å². The van der Waals surface area contributed by atoms with Crippen molar-refractivity contribution in [3.8, 4) is 6.07 Å². The van der Waals surface area contributed by atoms with E-state index in [2.05, 4.69) is 19.2 Å². The number of hydrogen-bond donors (Lipinski definition) is 1. The largest absolute Gasteiger partial charge is 0.375 e. The lowest BCUT2D eigenvalue weighted by atomic mass is 9.86. The molecule has 2 rings (SSSR count). The van der Waals surface area contributed by atoms with Crippen molar-refractivity contribution in [3.05, 3.63) is 35.1 Å². The summed E-state index contributed by atoms with van der Waals surface area (Å²) in [7, 11) is 0. The minimum absolute atomic E-state index is 0.0286. The van der Waals surface area contributed by atoms with Crippen LogP contribution >= 0.6 is 0 Å². The van der Waals surface area contributed by atoms with E-state index >= 15 is 0 Å². The third-order valence-electron chi connectivity index (χ3n) is 4.54. The standard InChI is InChI=1S/C17H23FN2O/c1-3-17(4-2)10-15(7-8-21-17)20-12-14-6-5-13(11-19)9-16(14)18/h5-6,9,15,20H,3-4,7-8,10,12H2,1-2H3. The number of benzene rings is 1. The Morgan fingerprint density at radius 3 is 2.81 bits per heavy atom. The zero-order chi connectivity index (χ0) is 15.3. The highest BCUT2D eigenvalue weighted by atomic mass is 19.1. The molecule has 0 spiro atoms. The fraction of sp³-hybridized carbons (Fsp3) is 0.588. The second-order valence-corrected chi connectivity index (χ2v) is 5.73. The van der Waals surface area contributed by atoms with Gasteiger partial charge in [0.2, 0.25) is 0 Å². The average Bonchev–Trinajstić information content (AvgIpc) is 2.53. The van der Waals surface area contributed by atoms with Crippen molar-refractivity contribution in [1.29, 1.82) is 5.26 Å². The van der Waals surface area contributed by atoms with Gasteiger partial charge in [-0.2, -0.15) is 5.26 Å². The summed E-state index contributed by atoms with van der Waals surface area (Å²) >= 11 is 0. The third-order valence-corrected chi connectivity index (χ3v) is 4.54. The molecule has 1 aromatic carbocycles. The Balaban J connectivity index is 1.95. The SMILES string of the molecule is CCC1(CC)CC(NCc2ccc(C#N)cc2F)CCO1. The van der Waals surface area contributed by atoms with Gasteiger partial charge in [-0.3, -0.25) is 0 Å². The van der Waals surface area contributed by atoms with Gasteiger partial charge in [-0.05, 0) is 37.8 Å². The van der Waals surface area contributed by atoms with Gasteiger partial charge in [-0.15, -0.1) is 0 Å². The summed E-state index contributed by atoms with van der Waals surface area (Å²) in [6.45, 7) is 5.57. The van der Waals surface area contributed by atoms with Gasteiger partial charge in [0.05, 0.1) is 17.2 Å². The quantitative estimate of drug-likeness (QED) is 0.902. The van der Waals surface area contributed by atoms with Gasteiger partial charge in [-0.25, -0.2) is 4.39 Å². The molecule has 1 aliphatic heterocycles. The molecule has 1 atom stereocenters. The van der Waals surface area contributed by atoms with Crippen molar-refractivity contribution < 1.29 is 9.13 Å². The van der Waals surface area contributed by atoms with E-state index in [9.17, 15) is 4.39 Å². The molecule has 0 bridgehead atoms. The van der Waals surface area contributed by atoms with E-state index < -0.39 is 0 Å². The zero-order valence-corrected chi connectivity index (χ0v) is 12.8. The minimum Gasteiger partial charge on any atom is -0.375 e. The summed E-state index contributed by atoms with van der Waals surface area (Å²) in [5.74, 6) is -0.314. The molecule has 0 radical (unpaired) electrons. The predicted molar refractivity (Wildman–Crippen MR) is 80.2 cm³/mol. The number of nitrogens with zero attached hydrogens (tertiary/aromatic N) is 1. The molecule has 3 nitrogen and oxygen atoms in total. The van der Waals surface area contributed by atoms with E-state index in [0.717, 1.165) is 32.3 Å². The van der Waals surface area contributed by atoms with Crippen LogP contribution in [0.3, 0.4) is 0 Å². The van der Waals surface area contributed by atoms with Crippen molar-refractivity contribution in [1.82, 2.24) is 5.32 Å². The molecule has 1 heterocycles. The lowest BCUT2D eigenvalue weighted by Crippen LogP contribution is -2.46. The molecule has 21 heavy (non-hydrogen) atoms. The van der Waals surface area contributed by atoms with E-state index in [-0.39, 0.29) is 11.4 Å². The molecule has 0 aromatic heterocycles. The smallest absolute Gasteiger partial charge is 0.129 e. The van der Waals surface area contributed by atoms with E-state index in [1.807, 2.05) is 6.07 Å². The first-order valence-corrected chi connectivity index (χ1v) is 7.68. The molecule has 1 aromatic rings. The molecule has 1 fully saturated rings. The van der Waals surface area contributed by atoms with Crippen LogP contribution in [0.5, 0.6) is 0 Å². The summed E-state index contributed by atoms with van der Waals surface area (Å²) in [5.41, 5.74) is 0.941. The molecule has 1 saturated heterocycles. The lowest BCUT2D eigenvalue weighted by Gasteiger charge is -2.40. The van der Waals surface area contributed by atoms with Gasteiger partial charge in [0.1, 0.15) is 5.82 Å². The number of ether oxygens (including phenoxy) is 1. The fourth-order valence-electron chi connectivity index (χ4n) is 2.96. The molecule has 114 valence electrons. The molecule has 1 N–H and O–H groups in total. The van der Waals surface area contributed by atoms with Crippen LogP contribution in [0.1, 0.15) is 50.7 Å². The van der Waals surface area contributed by atoms with E-state index in [1.165, 1.54) is 6.07 Å². The topological polar surface area (TPSA) is 45.0 Å². The van der Waals surface area contributed by atoms with Gasteiger partial charge in [0, 0.05) is 24.8 Å². The number of nitrogens with one attached hydrogen (secondary N) is 1. The number of nitriles is 1. The highest BCUT2D eigenvalue weighted by Crippen LogP contribution is 2.31. The molecule has 1 unspecified atom stereocenters. The monoisotopic (exact) mass is 290 g/mol. The minimum atomic E-state index is -0.314. The van der Waals surface area contributed by atoms with E-state index in [4.69, 9.17) is 10.00 Å². The van der Waals surface area contributed by atoms with Crippen molar-refractivity contribution >= 4 is 0 Å². The summed E-state index contributed by atoms with van der Waals surface area (Å²) in [4.78, 5) is 0. The Morgan fingerprint density at radius 1 is 1.43 bits per heavy atom. The molecule has 1 aliphatic rings. The Bertz CT molecular complexity index is 520. The average molecular weight is 290 g/mol. The predicted octanol–water partition coefficient (Wildman–Crippen LogP) is 3.52. The highest BCUT2D eigenvalue weighted by Gasteiger charge is 2.34. The van der Waals surface area contributed by atoms with Crippen LogP contribution in [-0.2, 0) is 11.3 Å². The Hall–Kier alpha value is -1.44. The van der Waals surface area contributed by atoms with Crippen molar-refractivity contribution in [3.63, 3.8) is 0 Å². The first-order chi connectivity index (χ1) is 10.1. The van der Waals surface area contributed by atoms with Gasteiger partial charge >= 0.3 is 0 Å². The molecule has 0 amide bonds. The van der Waals surface area contributed by atoms with Crippen LogP contribution in [0, 0.1) is 17.1 Å². The van der Waals surface area contributed by atoms with Crippen LogP contribution in [0.15, 0.2) is 18.2 Å². The van der Waals surface area contributed by atoms with Crippen LogP contribution < -0.4 is 5.32 Å². The Labute approximate surface area is 126 Å². The Morgan fingerprint density at radius 2 is 2.19 bits per heavy atom. The van der Waals surface area contributed by atoms with Crippen molar-refractivity contribution in [2.75, 3.05) is 6.61 Å². The van der Waals surface area contributed by atoms with Crippen molar-refractivity contribution in [2.45, 2.75) is 57.7 Å². The maximum absolute atomic E-state index is 13.9.